The Morgan fingerprint density at radius 1 is 0.698 bits per heavy atom. The van der Waals surface area contributed by atoms with Crippen LogP contribution in [0.4, 0.5) is 9.59 Å². The molecule has 0 bridgehead atoms. The highest BCUT2D eigenvalue weighted by atomic mass is 31.0. The number of ether oxygens (including phenoxy) is 2. The zero-order valence-electron chi connectivity index (χ0n) is 29.4. The second kappa shape index (κ2) is 19.5. The lowest BCUT2D eigenvalue weighted by Crippen LogP contribution is -2.35. The molecule has 2 N–H and O–H groups in total. The molecule has 0 aliphatic rings. The first kappa shape index (κ1) is 41.1. The van der Waals surface area contributed by atoms with Gasteiger partial charge < -0.3 is 20.1 Å². The zero-order chi connectivity index (χ0) is 31.9. The summed E-state index contributed by atoms with van der Waals surface area (Å²) in [4.78, 5) is 26.6. The number of amides is 2. The summed E-state index contributed by atoms with van der Waals surface area (Å²) in [7, 11) is 0. The molecule has 1 aromatic rings. The van der Waals surface area contributed by atoms with E-state index in [1.165, 1.54) is 18.4 Å². The van der Waals surface area contributed by atoms with Crippen LogP contribution in [0, 0.1) is 10.8 Å². The van der Waals surface area contributed by atoms with Crippen molar-refractivity contribution in [2.45, 2.75) is 138 Å². The topological polar surface area (TPSA) is 79.9 Å². The summed E-state index contributed by atoms with van der Waals surface area (Å²) in [5.41, 5.74) is 0.867. The van der Waals surface area contributed by atoms with Crippen molar-refractivity contribution in [2.24, 2.45) is 10.8 Å². The molecule has 0 aliphatic carbocycles. The summed E-state index contributed by atoms with van der Waals surface area (Å²) < 4.78 is 10.7. The van der Waals surface area contributed by atoms with Crippen LogP contribution in [0.2, 0.25) is 0 Å². The van der Waals surface area contributed by atoms with Crippen LogP contribution in [0.5, 0.6) is 0 Å². The van der Waals surface area contributed by atoms with Crippen molar-refractivity contribution in [2.75, 3.05) is 26.2 Å². The van der Waals surface area contributed by atoms with Gasteiger partial charge in [0.15, 0.2) is 0 Å². The van der Waals surface area contributed by atoms with Crippen LogP contribution in [-0.2, 0) is 16.0 Å². The molecule has 7 nitrogen and oxygen atoms in total. The van der Waals surface area contributed by atoms with Gasteiger partial charge in [0.25, 0.3) is 0 Å². The second-order valence-electron chi connectivity index (χ2n) is 14.7. The summed E-state index contributed by atoms with van der Waals surface area (Å²) in [5, 5.41) is 5.82. The lowest BCUT2D eigenvalue weighted by molar-refractivity contribution is 0.0513. The lowest BCUT2D eigenvalue weighted by atomic mass is 9.71. The molecule has 3 unspecified atom stereocenters. The molecule has 0 aliphatic heterocycles. The van der Waals surface area contributed by atoms with E-state index in [9.17, 15) is 9.59 Å². The minimum Gasteiger partial charge on any atom is -0.444 e. The Balaban J connectivity index is -0.00000588. The predicted octanol–water partition coefficient (Wildman–Crippen LogP) is 9.26. The van der Waals surface area contributed by atoms with E-state index in [-0.39, 0.29) is 35.8 Å². The van der Waals surface area contributed by atoms with Gasteiger partial charge in [-0.25, -0.2) is 9.59 Å². The first-order valence-corrected chi connectivity index (χ1v) is 16.2. The summed E-state index contributed by atoms with van der Waals surface area (Å²) in [6, 6.07) is 10.6. The molecular weight excluding hydrogens is 557 g/mol. The quantitative estimate of drug-likeness (QED) is 0.125. The third-order valence-electron chi connectivity index (χ3n) is 8.26. The smallest absolute Gasteiger partial charge is 0.407 e. The van der Waals surface area contributed by atoms with Gasteiger partial charge in [-0.2, -0.15) is 9.90 Å². The molecule has 0 saturated carbocycles. The summed E-state index contributed by atoms with van der Waals surface area (Å²) in [6.07, 6.45) is 8.01. The van der Waals surface area contributed by atoms with Gasteiger partial charge in [0, 0.05) is 29.0 Å². The maximum atomic E-state index is 12.1. The van der Waals surface area contributed by atoms with Gasteiger partial charge >= 0.3 is 12.2 Å². The van der Waals surface area contributed by atoms with Gasteiger partial charge in [-0.15, -0.1) is 0 Å². The van der Waals surface area contributed by atoms with Crippen LogP contribution in [0.15, 0.2) is 30.3 Å². The maximum absolute atomic E-state index is 12.1. The van der Waals surface area contributed by atoms with Gasteiger partial charge in [-0.1, -0.05) is 70.9 Å². The number of hydrogen-bond acceptors (Lipinski definition) is 5. The zero-order valence-corrected chi connectivity index (χ0v) is 30.8. The lowest BCUT2D eigenvalue weighted by Gasteiger charge is -2.36. The fraction of sp³-hybridized carbons (Fsp3) is 0.771. The Hall–Kier alpha value is -1.85. The Bertz CT molecular complexity index is 928. The maximum Gasteiger partial charge on any atom is 0.407 e. The molecule has 0 saturated heterocycles. The fourth-order valence-electron chi connectivity index (χ4n) is 4.93. The third kappa shape index (κ3) is 19.9. The molecule has 0 aromatic heterocycles. The molecule has 8 heteroatoms. The number of nitrogens with zero attached hydrogens (tertiary/aromatic N) is 1. The van der Waals surface area contributed by atoms with Crippen LogP contribution in [0.25, 0.3) is 0 Å². The van der Waals surface area contributed by atoms with Crippen LogP contribution in [0.1, 0.15) is 129 Å². The van der Waals surface area contributed by atoms with E-state index in [2.05, 4.69) is 73.6 Å². The first-order valence-electron chi connectivity index (χ1n) is 16.2. The molecule has 0 fully saturated rings. The number of carbonyl (C=O) groups excluding carboxylic acids is 2. The monoisotopic (exact) mass is 628 g/mol. The molecule has 0 radical (unpaired) electrons. The fourth-order valence-corrected chi connectivity index (χ4v) is 4.93. The largest absolute Gasteiger partial charge is 0.444 e. The summed E-state index contributed by atoms with van der Waals surface area (Å²) in [6.45, 7) is 24.8. The van der Waals surface area contributed by atoms with Gasteiger partial charge in [0.05, 0.1) is 0 Å². The Morgan fingerprint density at radius 3 is 1.63 bits per heavy atom. The molecule has 1 aromatic carbocycles. The molecule has 0 heterocycles. The van der Waals surface area contributed by atoms with Crippen LogP contribution in [-0.4, -0.2) is 54.5 Å². The number of carbonyl (C=O) groups is 2. The van der Waals surface area contributed by atoms with E-state index < -0.39 is 11.2 Å². The van der Waals surface area contributed by atoms with Crippen molar-refractivity contribution >= 4 is 22.1 Å². The number of alkyl carbamates (subject to hydrolysis) is 2. The summed E-state index contributed by atoms with van der Waals surface area (Å²) in [5.74, 6) is 0. The predicted molar refractivity (Wildman–Crippen MR) is 190 cm³/mol. The number of hydrogen-bond donors (Lipinski definition) is 2. The van der Waals surface area contributed by atoms with Gasteiger partial charge in [0.1, 0.15) is 11.2 Å². The van der Waals surface area contributed by atoms with Crippen molar-refractivity contribution in [3.63, 3.8) is 0 Å². The molecular formula is C35H70N3O4P. The third-order valence-corrected chi connectivity index (χ3v) is 8.26. The van der Waals surface area contributed by atoms with E-state index in [0.29, 0.717) is 13.1 Å². The Morgan fingerprint density at radius 2 is 1.16 bits per heavy atom. The van der Waals surface area contributed by atoms with Crippen molar-refractivity contribution in [1.29, 1.82) is 0 Å². The van der Waals surface area contributed by atoms with E-state index in [1.807, 2.05) is 41.5 Å². The van der Waals surface area contributed by atoms with Crippen LogP contribution >= 0.6 is 9.90 Å². The molecule has 0 spiro atoms. The molecule has 254 valence electrons. The highest BCUT2D eigenvalue weighted by Crippen LogP contribution is 2.40. The summed E-state index contributed by atoms with van der Waals surface area (Å²) >= 11 is 0. The molecule has 3 atom stereocenters. The van der Waals surface area contributed by atoms with Crippen molar-refractivity contribution in [3.05, 3.63) is 35.9 Å². The highest BCUT2D eigenvalue weighted by Gasteiger charge is 2.29. The average Bonchev–Trinajstić information content (AvgIpc) is 2.89. The average molecular weight is 628 g/mol. The Kier molecular flexibility index (Phi) is 18.7. The SMILES string of the molecule is CCC(C)(CCCNC(=O)OC(C)(C)C)CCC(C)(CC)CCN(CCCNC(=O)OC(C)(C)C)Cc1ccccc1.P.[HH].[HH]. The molecule has 2 amide bonds. The molecule has 1 rings (SSSR count). The van der Waals surface area contributed by atoms with Crippen LogP contribution < -0.4 is 10.6 Å². The van der Waals surface area contributed by atoms with E-state index >= 15 is 0 Å². The number of rotatable bonds is 18. The van der Waals surface area contributed by atoms with Crippen molar-refractivity contribution in [3.8, 4) is 0 Å². The van der Waals surface area contributed by atoms with Crippen molar-refractivity contribution in [1.82, 2.24) is 15.5 Å². The first-order chi connectivity index (χ1) is 19.5. The minimum atomic E-state index is -0.487. The van der Waals surface area contributed by atoms with Gasteiger partial charge in [-0.3, -0.25) is 4.90 Å². The highest BCUT2D eigenvalue weighted by molar-refractivity contribution is 6.92. The van der Waals surface area contributed by atoms with Gasteiger partial charge in [-0.05, 0) is 103 Å². The Labute approximate surface area is 270 Å². The minimum absolute atomic E-state index is 0. The normalized spacial score (nSPS) is 14.7. The van der Waals surface area contributed by atoms with E-state index in [4.69, 9.17) is 9.47 Å². The van der Waals surface area contributed by atoms with Gasteiger partial charge in [0.2, 0.25) is 0 Å². The van der Waals surface area contributed by atoms with E-state index in [0.717, 1.165) is 58.2 Å². The van der Waals surface area contributed by atoms with Crippen LogP contribution in [0.3, 0.4) is 0 Å². The second-order valence-corrected chi connectivity index (χ2v) is 14.7. The number of nitrogens with one attached hydrogen (secondary N) is 2. The number of benzene rings is 1. The standard InChI is InChI=1S/C35H63N3O4.H3P.2H2/c1-11-34(9,20-16-24-36-30(39)41-32(3,4)5)21-22-35(10,12-2)23-27-38(28-29-18-14-13-15-19-29)26-17-25-37-31(40)42-33(6,7)8;;;/h13-15,18-19H,11-12,16-17,20-28H2,1-10H3,(H,36,39)(H,37,40);1H3;2*1H. The van der Waals surface area contributed by atoms with E-state index in [1.54, 1.807) is 0 Å². The van der Waals surface area contributed by atoms with Crippen molar-refractivity contribution < 1.29 is 21.9 Å². The molecule has 43 heavy (non-hydrogen) atoms.